The zero-order valence-corrected chi connectivity index (χ0v) is 14.4. The minimum absolute atomic E-state index is 0.0229. The highest BCUT2D eigenvalue weighted by Crippen LogP contribution is 2.35. The van der Waals surface area contributed by atoms with Gasteiger partial charge in [-0.05, 0) is 31.4 Å². The summed E-state index contributed by atoms with van der Waals surface area (Å²) in [4.78, 5) is 14.7. The quantitative estimate of drug-likeness (QED) is 0.932. The van der Waals surface area contributed by atoms with Crippen LogP contribution in [0.25, 0.3) is 0 Å². The molecular formula is C21H25NO2. The van der Waals surface area contributed by atoms with E-state index in [2.05, 4.69) is 19.1 Å². The molecule has 1 aliphatic rings. The predicted octanol–water partition coefficient (Wildman–Crippen LogP) is 3.69. The molecular weight excluding hydrogens is 298 g/mol. The fraction of sp³-hybridized carbons (Fsp3) is 0.381. The zero-order valence-electron chi connectivity index (χ0n) is 14.4. The van der Waals surface area contributed by atoms with Gasteiger partial charge in [-0.2, -0.15) is 0 Å². The van der Waals surface area contributed by atoms with Crippen LogP contribution in [0.5, 0.6) is 0 Å². The minimum atomic E-state index is -1.14. The number of aliphatic hydroxyl groups is 1. The summed E-state index contributed by atoms with van der Waals surface area (Å²) in [5.74, 6) is 0.395. The topological polar surface area (TPSA) is 40.5 Å². The first kappa shape index (κ1) is 16.7. The molecule has 3 nitrogen and oxygen atoms in total. The summed E-state index contributed by atoms with van der Waals surface area (Å²) in [6, 6.07) is 20.0. The number of hydrogen-bond acceptors (Lipinski definition) is 2. The van der Waals surface area contributed by atoms with Crippen LogP contribution in [-0.2, 0) is 10.4 Å². The Balaban J connectivity index is 1.70. The first-order chi connectivity index (χ1) is 11.5. The molecule has 3 rings (SSSR count). The summed E-state index contributed by atoms with van der Waals surface area (Å²) in [6.45, 7) is 4.58. The van der Waals surface area contributed by atoms with E-state index in [1.165, 1.54) is 5.56 Å². The number of benzene rings is 2. The average Bonchev–Trinajstić information content (AvgIpc) is 2.98. The van der Waals surface area contributed by atoms with E-state index in [9.17, 15) is 9.90 Å². The lowest BCUT2D eigenvalue weighted by molar-refractivity contribution is -0.136. The maximum atomic E-state index is 12.8. The summed E-state index contributed by atoms with van der Waals surface area (Å²) in [6.07, 6.45) is 1.09. The Hall–Kier alpha value is -2.13. The fourth-order valence-corrected chi connectivity index (χ4v) is 3.73. The van der Waals surface area contributed by atoms with E-state index >= 15 is 0 Å². The SMILES string of the molecule is CC1C(c2ccccc2)CCN1C(=O)CC(C)(O)c1ccccc1. The molecule has 0 saturated carbocycles. The third kappa shape index (κ3) is 3.36. The van der Waals surface area contributed by atoms with Crippen molar-refractivity contribution >= 4 is 5.91 Å². The highest BCUT2D eigenvalue weighted by Gasteiger charge is 2.37. The third-order valence-corrected chi connectivity index (χ3v) is 5.19. The lowest BCUT2D eigenvalue weighted by Crippen LogP contribution is -2.39. The monoisotopic (exact) mass is 323 g/mol. The standard InChI is InChI=1S/C21H25NO2/c1-16-19(17-9-5-3-6-10-17)13-14-22(16)20(23)15-21(2,24)18-11-7-4-8-12-18/h3-12,16,19,24H,13-15H2,1-2H3. The van der Waals surface area contributed by atoms with E-state index < -0.39 is 5.60 Å². The number of hydrogen-bond donors (Lipinski definition) is 1. The molecule has 1 N–H and O–H groups in total. The van der Waals surface area contributed by atoms with Crippen LogP contribution >= 0.6 is 0 Å². The largest absolute Gasteiger partial charge is 0.385 e. The lowest BCUT2D eigenvalue weighted by Gasteiger charge is -2.29. The van der Waals surface area contributed by atoms with Crippen molar-refractivity contribution in [2.75, 3.05) is 6.54 Å². The van der Waals surface area contributed by atoms with Gasteiger partial charge < -0.3 is 10.0 Å². The molecule has 0 aliphatic carbocycles. The van der Waals surface area contributed by atoms with Crippen LogP contribution in [0.15, 0.2) is 60.7 Å². The molecule has 0 spiro atoms. The van der Waals surface area contributed by atoms with Gasteiger partial charge in [-0.25, -0.2) is 0 Å². The zero-order chi connectivity index (χ0) is 17.2. The molecule has 0 bridgehead atoms. The number of carbonyl (C=O) groups is 1. The summed E-state index contributed by atoms with van der Waals surface area (Å²) >= 11 is 0. The molecule has 2 aromatic carbocycles. The number of likely N-dealkylation sites (tertiary alicyclic amines) is 1. The Morgan fingerprint density at radius 3 is 2.33 bits per heavy atom. The van der Waals surface area contributed by atoms with Crippen LogP contribution < -0.4 is 0 Å². The predicted molar refractivity (Wildman–Crippen MR) is 95.6 cm³/mol. The van der Waals surface area contributed by atoms with E-state index in [0.29, 0.717) is 5.92 Å². The highest BCUT2D eigenvalue weighted by atomic mass is 16.3. The second kappa shape index (κ2) is 6.78. The summed E-state index contributed by atoms with van der Waals surface area (Å²) < 4.78 is 0. The van der Waals surface area contributed by atoms with Gasteiger partial charge in [0.15, 0.2) is 0 Å². The molecule has 3 heteroatoms. The minimum Gasteiger partial charge on any atom is -0.385 e. The molecule has 3 unspecified atom stereocenters. The number of carbonyl (C=O) groups excluding carboxylic acids is 1. The Labute approximate surface area is 143 Å². The molecule has 2 aromatic rings. The van der Waals surface area contributed by atoms with Crippen LogP contribution in [0.4, 0.5) is 0 Å². The lowest BCUT2D eigenvalue weighted by atomic mass is 9.91. The van der Waals surface area contributed by atoms with Crippen molar-refractivity contribution in [2.24, 2.45) is 0 Å². The van der Waals surface area contributed by atoms with Gasteiger partial charge in [0, 0.05) is 18.5 Å². The van der Waals surface area contributed by atoms with E-state index in [-0.39, 0.29) is 18.4 Å². The van der Waals surface area contributed by atoms with Crippen molar-refractivity contribution in [2.45, 2.75) is 44.2 Å². The van der Waals surface area contributed by atoms with E-state index in [0.717, 1.165) is 18.5 Å². The van der Waals surface area contributed by atoms with Crippen LogP contribution in [0, 0.1) is 0 Å². The third-order valence-electron chi connectivity index (χ3n) is 5.19. The van der Waals surface area contributed by atoms with E-state index in [1.54, 1.807) is 6.92 Å². The molecule has 1 aliphatic heterocycles. The first-order valence-electron chi connectivity index (χ1n) is 8.61. The second-order valence-corrected chi connectivity index (χ2v) is 6.95. The molecule has 1 saturated heterocycles. The van der Waals surface area contributed by atoms with Gasteiger partial charge in [-0.1, -0.05) is 60.7 Å². The van der Waals surface area contributed by atoms with Gasteiger partial charge in [-0.3, -0.25) is 4.79 Å². The van der Waals surface area contributed by atoms with Crippen LogP contribution in [-0.4, -0.2) is 28.5 Å². The average molecular weight is 323 g/mol. The molecule has 1 amide bonds. The maximum Gasteiger partial charge on any atom is 0.226 e. The van der Waals surface area contributed by atoms with Crippen molar-refractivity contribution in [3.63, 3.8) is 0 Å². The summed E-state index contributed by atoms with van der Waals surface area (Å²) in [5, 5.41) is 10.7. The summed E-state index contributed by atoms with van der Waals surface area (Å²) in [7, 11) is 0. The van der Waals surface area contributed by atoms with E-state index in [4.69, 9.17) is 0 Å². The van der Waals surface area contributed by atoms with Crippen LogP contribution in [0.2, 0.25) is 0 Å². The van der Waals surface area contributed by atoms with Crippen molar-refractivity contribution in [1.29, 1.82) is 0 Å². The summed E-state index contributed by atoms with van der Waals surface area (Å²) in [5.41, 5.74) is 0.933. The van der Waals surface area contributed by atoms with Crippen molar-refractivity contribution in [1.82, 2.24) is 4.90 Å². The highest BCUT2D eigenvalue weighted by molar-refractivity contribution is 5.78. The van der Waals surface area contributed by atoms with Crippen LogP contribution in [0.3, 0.4) is 0 Å². The maximum absolute atomic E-state index is 12.8. The van der Waals surface area contributed by atoms with Crippen LogP contribution in [0.1, 0.15) is 43.7 Å². The van der Waals surface area contributed by atoms with E-state index in [1.807, 2.05) is 53.4 Å². The van der Waals surface area contributed by atoms with Crippen molar-refractivity contribution in [3.8, 4) is 0 Å². The Kier molecular flexibility index (Phi) is 4.72. The first-order valence-corrected chi connectivity index (χ1v) is 8.61. The van der Waals surface area contributed by atoms with Gasteiger partial charge in [-0.15, -0.1) is 0 Å². The molecule has 3 atom stereocenters. The smallest absolute Gasteiger partial charge is 0.226 e. The Morgan fingerprint density at radius 1 is 1.12 bits per heavy atom. The normalized spacial score (nSPS) is 23.0. The Morgan fingerprint density at radius 2 is 1.71 bits per heavy atom. The fourth-order valence-electron chi connectivity index (χ4n) is 3.73. The van der Waals surface area contributed by atoms with Crippen molar-refractivity contribution < 1.29 is 9.90 Å². The number of nitrogens with zero attached hydrogens (tertiary/aromatic N) is 1. The van der Waals surface area contributed by atoms with Gasteiger partial charge in [0.05, 0.1) is 12.0 Å². The van der Waals surface area contributed by atoms with Gasteiger partial charge in [0.25, 0.3) is 0 Å². The van der Waals surface area contributed by atoms with Gasteiger partial charge in [0.1, 0.15) is 0 Å². The van der Waals surface area contributed by atoms with Crippen molar-refractivity contribution in [3.05, 3.63) is 71.8 Å². The molecule has 1 fully saturated rings. The molecule has 24 heavy (non-hydrogen) atoms. The molecule has 1 heterocycles. The second-order valence-electron chi connectivity index (χ2n) is 6.95. The number of rotatable bonds is 4. The Bertz CT molecular complexity index is 681. The number of amides is 1. The van der Waals surface area contributed by atoms with Gasteiger partial charge >= 0.3 is 0 Å². The molecule has 0 radical (unpaired) electrons. The molecule has 0 aromatic heterocycles. The van der Waals surface area contributed by atoms with Gasteiger partial charge in [0.2, 0.25) is 5.91 Å². The molecule has 126 valence electrons.